The number of hydrogen-bond acceptors (Lipinski definition) is 6. The van der Waals surface area contributed by atoms with E-state index in [9.17, 15) is 9.59 Å². The van der Waals surface area contributed by atoms with E-state index in [1.54, 1.807) is 7.05 Å². The Morgan fingerprint density at radius 1 is 1.45 bits per heavy atom. The number of carbonyl (C=O) groups excluding carboxylic acids is 1. The summed E-state index contributed by atoms with van der Waals surface area (Å²) in [5.41, 5.74) is -0.116. The van der Waals surface area contributed by atoms with Crippen LogP contribution in [-0.4, -0.2) is 27.8 Å². The molecule has 7 nitrogen and oxygen atoms in total. The summed E-state index contributed by atoms with van der Waals surface area (Å²) < 4.78 is 6.47. The van der Waals surface area contributed by atoms with Crippen molar-refractivity contribution in [2.75, 3.05) is 12.4 Å². The maximum atomic E-state index is 12.2. The highest BCUT2D eigenvalue weighted by Crippen LogP contribution is 2.19. The topological polar surface area (TPSA) is 86.1 Å². The van der Waals surface area contributed by atoms with Crippen LogP contribution in [0.3, 0.4) is 0 Å². The molecule has 0 saturated heterocycles. The first kappa shape index (κ1) is 16.2. The second-order valence-electron chi connectivity index (χ2n) is 5.26. The normalized spacial score (nSPS) is 10.8. The maximum Gasteiger partial charge on any atom is 0.274 e. The highest BCUT2D eigenvalue weighted by Gasteiger charge is 2.15. The number of nitrogens with one attached hydrogen (secondary N) is 1. The average Bonchev–Trinajstić information content (AvgIpc) is 2.87. The van der Waals surface area contributed by atoms with Gasteiger partial charge in [-0.25, -0.2) is 0 Å². The van der Waals surface area contributed by atoms with E-state index in [2.05, 4.69) is 29.4 Å². The van der Waals surface area contributed by atoms with Crippen LogP contribution in [0, 0.1) is 5.92 Å². The van der Waals surface area contributed by atoms with E-state index in [1.165, 1.54) is 35.3 Å². The van der Waals surface area contributed by atoms with Crippen molar-refractivity contribution >= 4 is 22.4 Å². The number of aromatic nitrogens is 3. The molecule has 1 amide bonds. The van der Waals surface area contributed by atoms with Crippen molar-refractivity contribution in [1.82, 2.24) is 14.8 Å². The summed E-state index contributed by atoms with van der Waals surface area (Å²) in [6.07, 6.45) is 2.29. The van der Waals surface area contributed by atoms with E-state index in [1.807, 2.05) is 0 Å². The molecule has 0 aliphatic heterocycles. The van der Waals surface area contributed by atoms with Crippen molar-refractivity contribution in [2.24, 2.45) is 13.0 Å². The molecule has 2 rings (SSSR count). The smallest absolute Gasteiger partial charge is 0.274 e. The molecule has 0 unspecified atom stereocenters. The molecule has 0 radical (unpaired) electrons. The van der Waals surface area contributed by atoms with Crippen molar-refractivity contribution in [3.05, 3.63) is 33.2 Å². The highest BCUT2D eigenvalue weighted by molar-refractivity contribution is 7.15. The summed E-state index contributed by atoms with van der Waals surface area (Å²) in [6.45, 7) is 4.18. The van der Waals surface area contributed by atoms with E-state index in [0.717, 1.165) is 11.4 Å². The van der Waals surface area contributed by atoms with Crippen molar-refractivity contribution < 1.29 is 9.53 Å². The Morgan fingerprint density at radius 2 is 2.18 bits per heavy atom. The van der Waals surface area contributed by atoms with Crippen LogP contribution >= 0.6 is 11.3 Å². The summed E-state index contributed by atoms with van der Waals surface area (Å²) >= 11 is 1.34. The first-order valence-electron chi connectivity index (χ1n) is 6.79. The first-order valence-corrected chi connectivity index (χ1v) is 7.60. The van der Waals surface area contributed by atoms with Gasteiger partial charge in [-0.15, -0.1) is 10.2 Å². The molecule has 1 N–H and O–H groups in total. The van der Waals surface area contributed by atoms with Crippen LogP contribution in [0.4, 0.5) is 5.13 Å². The molecule has 8 heteroatoms. The van der Waals surface area contributed by atoms with Crippen LogP contribution < -0.4 is 15.5 Å². The van der Waals surface area contributed by atoms with Crippen molar-refractivity contribution in [3.63, 3.8) is 0 Å². The minimum atomic E-state index is -0.408. The molecule has 0 saturated carbocycles. The van der Waals surface area contributed by atoms with Crippen molar-refractivity contribution in [2.45, 2.75) is 20.3 Å². The van der Waals surface area contributed by atoms with Crippen LogP contribution in [0.1, 0.15) is 29.3 Å². The second kappa shape index (κ2) is 6.69. The quantitative estimate of drug-likeness (QED) is 0.905. The predicted octanol–water partition coefficient (Wildman–Crippen LogP) is 1.70. The lowest BCUT2D eigenvalue weighted by molar-refractivity contribution is 0.101. The van der Waals surface area contributed by atoms with Gasteiger partial charge in [0.25, 0.3) is 5.91 Å². The fourth-order valence-electron chi connectivity index (χ4n) is 1.88. The standard InChI is InChI=1S/C14H18N4O3S/c1-8(2)5-12-16-17-14(22-12)15-13(20)9-6-10(19)11(21-4)7-18(9)3/h6-8H,5H2,1-4H3,(H,15,17,20). The lowest BCUT2D eigenvalue weighted by Crippen LogP contribution is -2.21. The lowest BCUT2D eigenvalue weighted by Gasteiger charge is -2.09. The fraction of sp³-hybridized carbons (Fsp3) is 0.429. The third kappa shape index (κ3) is 3.70. The van der Waals surface area contributed by atoms with E-state index < -0.39 is 5.91 Å². The van der Waals surface area contributed by atoms with Gasteiger partial charge >= 0.3 is 0 Å². The van der Waals surface area contributed by atoms with Crippen LogP contribution in [0.25, 0.3) is 0 Å². The predicted molar refractivity (Wildman–Crippen MR) is 84.6 cm³/mol. The zero-order valence-electron chi connectivity index (χ0n) is 12.9. The Labute approximate surface area is 132 Å². The number of methoxy groups -OCH3 is 1. The average molecular weight is 322 g/mol. The first-order chi connectivity index (χ1) is 10.4. The number of anilines is 1. The molecule has 0 spiro atoms. The van der Waals surface area contributed by atoms with Gasteiger partial charge in [0.1, 0.15) is 10.7 Å². The molecule has 2 aromatic rings. The third-order valence-electron chi connectivity index (χ3n) is 2.92. The molecule has 0 aromatic carbocycles. The summed E-state index contributed by atoms with van der Waals surface area (Å²) in [6, 6.07) is 1.24. The van der Waals surface area contributed by atoms with Gasteiger partial charge in [0, 0.05) is 19.5 Å². The lowest BCUT2D eigenvalue weighted by atomic mass is 10.1. The molecule has 0 aliphatic rings. The molecular formula is C14H18N4O3S. The maximum absolute atomic E-state index is 12.2. The molecular weight excluding hydrogens is 304 g/mol. The van der Waals surface area contributed by atoms with Crippen LogP contribution in [0.2, 0.25) is 0 Å². The Morgan fingerprint density at radius 3 is 2.82 bits per heavy atom. The van der Waals surface area contributed by atoms with Crippen molar-refractivity contribution in [3.8, 4) is 5.75 Å². The van der Waals surface area contributed by atoms with Gasteiger partial charge in [0.2, 0.25) is 10.6 Å². The van der Waals surface area contributed by atoms with Crippen LogP contribution in [0.5, 0.6) is 5.75 Å². The van der Waals surface area contributed by atoms with E-state index >= 15 is 0 Å². The minimum Gasteiger partial charge on any atom is -0.491 e. The van der Waals surface area contributed by atoms with E-state index in [-0.39, 0.29) is 16.9 Å². The Bertz CT molecular complexity index is 736. The Balaban J connectivity index is 2.17. The minimum absolute atomic E-state index is 0.189. The van der Waals surface area contributed by atoms with E-state index in [0.29, 0.717) is 11.0 Å². The molecule has 22 heavy (non-hydrogen) atoms. The van der Waals surface area contributed by atoms with Crippen LogP contribution in [-0.2, 0) is 13.5 Å². The molecule has 2 heterocycles. The SMILES string of the molecule is COc1cn(C)c(C(=O)Nc2nnc(CC(C)C)s2)cc1=O. The molecule has 118 valence electrons. The number of rotatable bonds is 5. The largest absolute Gasteiger partial charge is 0.491 e. The highest BCUT2D eigenvalue weighted by atomic mass is 32.1. The number of nitrogens with zero attached hydrogens (tertiary/aromatic N) is 3. The molecule has 0 aliphatic carbocycles. The van der Waals surface area contributed by atoms with Gasteiger partial charge in [-0.2, -0.15) is 0 Å². The Kier molecular flexibility index (Phi) is 4.92. The number of amides is 1. The number of carbonyl (C=O) groups is 1. The summed E-state index contributed by atoms with van der Waals surface area (Å²) in [4.78, 5) is 24.0. The summed E-state index contributed by atoms with van der Waals surface area (Å²) in [5, 5.41) is 11.9. The summed E-state index contributed by atoms with van der Waals surface area (Å²) in [7, 11) is 3.08. The number of hydrogen-bond donors (Lipinski definition) is 1. The van der Waals surface area contributed by atoms with Gasteiger partial charge in [0.15, 0.2) is 5.75 Å². The van der Waals surface area contributed by atoms with Gasteiger partial charge in [-0.1, -0.05) is 25.2 Å². The molecule has 0 fully saturated rings. The van der Waals surface area contributed by atoms with Gasteiger partial charge in [-0.05, 0) is 5.92 Å². The zero-order chi connectivity index (χ0) is 16.3. The molecule has 0 atom stereocenters. The number of ether oxygens (including phenoxy) is 1. The van der Waals surface area contributed by atoms with Gasteiger partial charge in [-0.3, -0.25) is 14.9 Å². The van der Waals surface area contributed by atoms with Crippen molar-refractivity contribution in [1.29, 1.82) is 0 Å². The zero-order valence-corrected chi connectivity index (χ0v) is 13.7. The molecule has 0 bridgehead atoms. The van der Waals surface area contributed by atoms with Gasteiger partial charge in [0.05, 0.1) is 13.3 Å². The molecule has 2 aromatic heterocycles. The fourth-order valence-corrected chi connectivity index (χ4v) is 2.83. The monoisotopic (exact) mass is 322 g/mol. The Hall–Kier alpha value is -2.22. The number of aryl methyl sites for hydroxylation is 1. The number of pyridine rings is 1. The van der Waals surface area contributed by atoms with Crippen LogP contribution in [0.15, 0.2) is 17.1 Å². The third-order valence-corrected chi connectivity index (χ3v) is 3.79. The van der Waals surface area contributed by atoms with Gasteiger partial charge < -0.3 is 9.30 Å². The van der Waals surface area contributed by atoms with E-state index in [4.69, 9.17) is 4.74 Å². The second-order valence-corrected chi connectivity index (χ2v) is 6.32. The summed E-state index contributed by atoms with van der Waals surface area (Å²) in [5.74, 6) is 0.252.